The van der Waals surface area contributed by atoms with Gasteiger partial charge >= 0.3 is 0 Å². The third kappa shape index (κ3) is 4.17. The second-order valence-electron chi connectivity index (χ2n) is 8.81. The lowest BCUT2D eigenvalue weighted by molar-refractivity contribution is 0.308. The Morgan fingerprint density at radius 2 is 1.30 bits per heavy atom. The van der Waals surface area contributed by atoms with E-state index < -0.39 is 0 Å². The van der Waals surface area contributed by atoms with Crippen molar-refractivity contribution in [2.45, 2.75) is 38.5 Å². The van der Waals surface area contributed by atoms with Crippen molar-refractivity contribution >= 4 is 24.1 Å². The van der Waals surface area contributed by atoms with Crippen LogP contribution in [0.15, 0.2) is 91.0 Å². The molecule has 0 amide bonds. The number of allylic oxidation sites excluding steroid dienone is 2. The van der Waals surface area contributed by atoms with Gasteiger partial charge in [0.05, 0.1) is 0 Å². The Hall–Kier alpha value is -2.17. The standard InChI is InChI=1S/C29H31P/c1-4-12-23(13-5-1)29(28-21-20-24-14-10-11-19-27(24)28)22-30(25-15-6-2-7-16-25)26-17-8-3-9-18-26/h2-3,6-11,14-19,21,23,29H,1,4-5,12-13,20,22H2/t29-/m1/s1. The minimum absolute atomic E-state index is 0.361. The van der Waals surface area contributed by atoms with Crippen LogP contribution in [0.3, 0.4) is 0 Å². The van der Waals surface area contributed by atoms with E-state index in [0.717, 1.165) is 12.3 Å². The lowest BCUT2D eigenvalue weighted by Gasteiger charge is -2.35. The van der Waals surface area contributed by atoms with E-state index in [4.69, 9.17) is 0 Å². The van der Waals surface area contributed by atoms with Crippen molar-refractivity contribution in [1.29, 1.82) is 0 Å². The zero-order chi connectivity index (χ0) is 20.2. The summed E-state index contributed by atoms with van der Waals surface area (Å²) in [6.07, 6.45) is 12.0. The van der Waals surface area contributed by atoms with E-state index in [-0.39, 0.29) is 7.92 Å². The average Bonchev–Trinajstić information content (AvgIpc) is 3.25. The highest BCUT2D eigenvalue weighted by Crippen LogP contribution is 2.48. The molecule has 1 saturated carbocycles. The van der Waals surface area contributed by atoms with Gasteiger partial charge in [-0.2, -0.15) is 0 Å². The van der Waals surface area contributed by atoms with Crippen molar-refractivity contribution in [3.8, 4) is 0 Å². The van der Waals surface area contributed by atoms with Crippen LogP contribution in [0.25, 0.3) is 5.57 Å². The molecule has 1 atom stereocenters. The first-order valence-electron chi connectivity index (χ1n) is 11.6. The summed E-state index contributed by atoms with van der Waals surface area (Å²) in [5.41, 5.74) is 4.71. The van der Waals surface area contributed by atoms with Crippen LogP contribution in [0.5, 0.6) is 0 Å². The number of hydrogen-bond donors (Lipinski definition) is 0. The van der Waals surface area contributed by atoms with Crippen LogP contribution in [-0.2, 0) is 6.42 Å². The zero-order valence-corrected chi connectivity index (χ0v) is 18.6. The van der Waals surface area contributed by atoms with Crippen molar-refractivity contribution in [2.24, 2.45) is 11.8 Å². The lowest BCUT2D eigenvalue weighted by atomic mass is 9.76. The third-order valence-electron chi connectivity index (χ3n) is 7.00. The minimum Gasteiger partial charge on any atom is -0.0760 e. The molecule has 0 saturated heterocycles. The molecule has 3 aromatic carbocycles. The first kappa shape index (κ1) is 19.8. The highest BCUT2D eigenvalue weighted by molar-refractivity contribution is 7.73. The van der Waals surface area contributed by atoms with Crippen molar-refractivity contribution in [3.63, 3.8) is 0 Å². The van der Waals surface area contributed by atoms with Crippen LogP contribution in [0.2, 0.25) is 0 Å². The van der Waals surface area contributed by atoms with Crippen LogP contribution in [0, 0.1) is 11.8 Å². The molecule has 0 nitrogen and oxygen atoms in total. The van der Waals surface area contributed by atoms with Gasteiger partial charge in [0.15, 0.2) is 0 Å². The smallest absolute Gasteiger partial charge is 0.00853 e. The maximum absolute atomic E-state index is 2.56. The molecule has 2 aliphatic carbocycles. The van der Waals surface area contributed by atoms with Crippen LogP contribution in [0.1, 0.15) is 43.2 Å². The van der Waals surface area contributed by atoms with Crippen molar-refractivity contribution in [3.05, 3.63) is 102 Å². The van der Waals surface area contributed by atoms with E-state index in [1.165, 1.54) is 60.0 Å². The monoisotopic (exact) mass is 410 g/mol. The molecular weight excluding hydrogens is 379 g/mol. The second kappa shape index (κ2) is 9.32. The Balaban J connectivity index is 1.53. The van der Waals surface area contributed by atoms with Gasteiger partial charge in [-0.05, 0) is 72.5 Å². The molecular formula is C29H31P. The van der Waals surface area contributed by atoms with Gasteiger partial charge in [-0.3, -0.25) is 0 Å². The first-order chi connectivity index (χ1) is 14.9. The highest BCUT2D eigenvalue weighted by Gasteiger charge is 2.32. The van der Waals surface area contributed by atoms with E-state index in [1.54, 1.807) is 5.57 Å². The molecule has 5 rings (SSSR count). The summed E-state index contributed by atoms with van der Waals surface area (Å²) < 4.78 is 0. The maximum Gasteiger partial charge on any atom is -0.00853 e. The number of benzene rings is 3. The van der Waals surface area contributed by atoms with Crippen LogP contribution in [-0.4, -0.2) is 6.16 Å². The Labute approximate surface area is 182 Å². The normalized spacial score (nSPS) is 17.6. The molecule has 0 N–H and O–H groups in total. The minimum atomic E-state index is -0.361. The summed E-state index contributed by atoms with van der Waals surface area (Å²) in [6.45, 7) is 0. The zero-order valence-electron chi connectivity index (χ0n) is 17.7. The van der Waals surface area contributed by atoms with E-state index in [2.05, 4.69) is 91.0 Å². The van der Waals surface area contributed by atoms with Crippen molar-refractivity contribution < 1.29 is 0 Å². The third-order valence-corrected chi connectivity index (χ3v) is 9.61. The molecule has 0 aliphatic heterocycles. The summed E-state index contributed by atoms with van der Waals surface area (Å²) in [4.78, 5) is 0. The fraction of sp³-hybridized carbons (Fsp3) is 0.310. The summed E-state index contributed by atoms with van der Waals surface area (Å²) in [7, 11) is -0.361. The van der Waals surface area contributed by atoms with Gasteiger partial charge in [-0.15, -0.1) is 0 Å². The molecule has 0 heterocycles. The molecule has 0 spiro atoms. The Morgan fingerprint density at radius 3 is 1.97 bits per heavy atom. The maximum atomic E-state index is 2.56. The predicted octanol–water partition coefficient (Wildman–Crippen LogP) is 6.96. The number of fused-ring (bicyclic) bond motifs is 1. The van der Waals surface area contributed by atoms with Crippen molar-refractivity contribution in [2.75, 3.05) is 6.16 Å². The van der Waals surface area contributed by atoms with Gasteiger partial charge in [-0.25, -0.2) is 0 Å². The van der Waals surface area contributed by atoms with Gasteiger partial charge in [0.2, 0.25) is 0 Å². The van der Waals surface area contributed by atoms with Gasteiger partial charge in [0.1, 0.15) is 0 Å². The molecule has 30 heavy (non-hydrogen) atoms. The lowest BCUT2D eigenvalue weighted by Crippen LogP contribution is -2.26. The Bertz CT molecular complexity index is 944. The van der Waals surface area contributed by atoms with Crippen LogP contribution >= 0.6 is 7.92 Å². The summed E-state index contributed by atoms with van der Waals surface area (Å²) in [5.74, 6) is 1.49. The average molecular weight is 411 g/mol. The topological polar surface area (TPSA) is 0 Å². The summed E-state index contributed by atoms with van der Waals surface area (Å²) in [6, 6.07) is 31.7. The molecule has 0 unspecified atom stereocenters. The van der Waals surface area contributed by atoms with E-state index in [9.17, 15) is 0 Å². The van der Waals surface area contributed by atoms with E-state index >= 15 is 0 Å². The molecule has 0 bridgehead atoms. The molecule has 152 valence electrons. The van der Waals surface area contributed by atoms with Gasteiger partial charge in [-0.1, -0.05) is 110 Å². The largest absolute Gasteiger partial charge is 0.0760 e. The van der Waals surface area contributed by atoms with Gasteiger partial charge in [0.25, 0.3) is 0 Å². The molecule has 0 radical (unpaired) electrons. The first-order valence-corrected chi connectivity index (χ1v) is 13.1. The second-order valence-corrected chi connectivity index (χ2v) is 11.1. The molecule has 1 heteroatoms. The van der Waals surface area contributed by atoms with Crippen LogP contribution in [0.4, 0.5) is 0 Å². The Kier molecular flexibility index (Phi) is 6.14. The fourth-order valence-corrected chi connectivity index (χ4v) is 8.14. The van der Waals surface area contributed by atoms with Gasteiger partial charge < -0.3 is 0 Å². The molecule has 0 aromatic heterocycles. The quantitative estimate of drug-likeness (QED) is 0.386. The fourth-order valence-electron chi connectivity index (χ4n) is 5.47. The Morgan fingerprint density at radius 1 is 0.700 bits per heavy atom. The van der Waals surface area contributed by atoms with Crippen molar-refractivity contribution in [1.82, 2.24) is 0 Å². The molecule has 3 aromatic rings. The summed E-state index contributed by atoms with van der Waals surface area (Å²) in [5, 5.41) is 3.04. The van der Waals surface area contributed by atoms with E-state index in [0.29, 0.717) is 5.92 Å². The van der Waals surface area contributed by atoms with Gasteiger partial charge in [0, 0.05) is 0 Å². The summed E-state index contributed by atoms with van der Waals surface area (Å²) >= 11 is 0. The van der Waals surface area contributed by atoms with E-state index in [1.807, 2.05) is 0 Å². The SMILES string of the molecule is C1=C([C@H](CP(c2ccccc2)c2ccccc2)C2CCCCC2)c2ccccc2C1. The number of hydrogen-bond acceptors (Lipinski definition) is 0. The van der Waals surface area contributed by atoms with Crippen LogP contribution < -0.4 is 10.6 Å². The predicted molar refractivity (Wildman–Crippen MR) is 132 cm³/mol. The molecule has 2 aliphatic rings. The highest BCUT2D eigenvalue weighted by atomic mass is 31.1. The molecule has 1 fully saturated rings. The number of rotatable bonds is 6.